The highest BCUT2D eigenvalue weighted by Crippen LogP contribution is 2.15. The minimum atomic E-state index is -0.979. The Balaban J connectivity index is 2.75. The molecule has 0 fully saturated rings. The molecule has 0 saturated carbocycles. The van der Waals surface area contributed by atoms with Gasteiger partial charge in [-0.05, 0) is 11.5 Å². The Bertz CT molecular complexity index is 310. The average molecular weight is 182 g/mol. The molecule has 0 atom stereocenters. The van der Waals surface area contributed by atoms with Crippen LogP contribution in [0.5, 0.6) is 0 Å². The Kier molecular flexibility index (Phi) is 2.40. The second kappa shape index (κ2) is 3.20. The SMILES string of the molecule is CC(C)(C)Cn1ccc(C(=O)O)n1. The van der Waals surface area contributed by atoms with Gasteiger partial charge in [0.25, 0.3) is 0 Å². The van der Waals surface area contributed by atoms with Gasteiger partial charge in [-0.2, -0.15) is 5.10 Å². The van der Waals surface area contributed by atoms with Crippen LogP contribution in [0.4, 0.5) is 0 Å². The van der Waals surface area contributed by atoms with Crippen LogP contribution in [0.1, 0.15) is 31.3 Å². The summed E-state index contributed by atoms with van der Waals surface area (Å²) in [6.07, 6.45) is 1.69. The number of hydrogen-bond donors (Lipinski definition) is 1. The zero-order valence-electron chi connectivity index (χ0n) is 8.11. The van der Waals surface area contributed by atoms with Gasteiger partial charge < -0.3 is 5.11 Å². The van der Waals surface area contributed by atoms with Crippen LogP contribution in [-0.4, -0.2) is 20.9 Å². The van der Waals surface area contributed by atoms with Crippen molar-refractivity contribution in [3.63, 3.8) is 0 Å². The van der Waals surface area contributed by atoms with Crippen LogP contribution in [0.15, 0.2) is 12.3 Å². The molecular formula is C9H14N2O2. The number of nitrogens with zero attached hydrogens (tertiary/aromatic N) is 2. The molecule has 13 heavy (non-hydrogen) atoms. The van der Waals surface area contributed by atoms with E-state index in [1.165, 1.54) is 6.07 Å². The number of aromatic nitrogens is 2. The molecule has 0 amide bonds. The third kappa shape index (κ3) is 2.89. The summed E-state index contributed by atoms with van der Waals surface area (Å²) in [6.45, 7) is 6.96. The average Bonchev–Trinajstić information content (AvgIpc) is 2.31. The fourth-order valence-corrected chi connectivity index (χ4v) is 1.05. The van der Waals surface area contributed by atoms with E-state index in [1.807, 2.05) is 0 Å². The normalized spacial score (nSPS) is 11.6. The standard InChI is InChI=1S/C9H14N2O2/c1-9(2,3)6-11-5-4-7(10-11)8(12)13/h4-5H,6H2,1-3H3,(H,12,13). The Morgan fingerprint density at radius 1 is 1.62 bits per heavy atom. The van der Waals surface area contributed by atoms with E-state index in [9.17, 15) is 4.79 Å². The Morgan fingerprint density at radius 3 is 2.62 bits per heavy atom. The predicted octanol–water partition coefficient (Wildman–Crippen LogP) is 1.63. The summed E-state index contributed by atoms with van der Waals surface area (Å²) in [7, 11) is 0. The zero-order valence-corrected chi connectivity index (χ0v) is 8.11. The van der Waals surface area contributed by atoms with Crippen molar-refractivity contribution in [3.8, 4) is 0 Å². The molecule has 0 radical (unpaired) electrons. The van der Waals surface area contributed by atoms with Gasteiger partial charge in [0.15, 0.2) is 5.69 Å². The molecule has 0 aromatic carbocycles. The van der Waals surface area contributed by atoms with E-state index >= 15 is 0 Å². The van der Waals surface area contributed by atoms with Crippen LogP contribution in [0.3, 0.4) is 0 Å². The van der Waals surface area contributed by atoms with E-state index in [0.717, 1.165) is 6.54 Å². The number of carboxylic acid groups (broad SMARTS) is 1. The molecule has 1 aromatic heterocycles. The Labute approximate surface area is 77.2 Å². The summed E-state index contributed by atoms with van der Waals surface area (Å²) in [5.41, 5.74) is 0.214. The van der Waals surface area contributed by atoms with Crippen molar-refractivity contribution < 1.29 is 9.90 Å². The first-order valence-electron chi connectivity index (χ1n) is 4.15. The van der Waals surface area contributed by atoms with E-state index in [1.54, 1.807) is 10.9 Å². The first-order valence-corrected chi connectivity index (χ1v) is 4.15. The van der Waals surface area contributed by atoms with Gasteiger partial charge in [-0.3, -0.25) is 4.68 Å². The maximum atomic E-state index is 10.5. The first kappa shape index (κ1) is 9.77. The van der Waals surface area contributed by atoms with Gasteiger partial charge in [-0.15, -0.1) is 0 Å². The van der Waals surface area contributed by atoms with Crippen LogP contribution < -0.4 is 0 Å². The quantitative estimate of drug-likeness (QED) is 0.756. The maximum absolute atomic E-state index is 10.5. The summed E-state index contributed by atoms with van der Waals surface area (Å²) in [5, 5.41) is 12.5. The summed E-state index contributed by atoms with van der Waals surface area (Å²) >= 11 is 0. The monoisotopic (exact) mass is 182 g/mol. The molecule has 1 N–H and O–H groups in total. The molecule has 0 bridgehead atoms. The lowest BCUT2D eigenvalue weighted by Gasteiger charge is -2.17. The lowest BCUT2D eigenvalue weighted by molar-refractivity contribution is 0.0689. The molecule has 0 saturated heterocycles. The molecule has 0 aliphatic heterocycles. The molecule has 0 aliphatic carbocycles. The fourth-order valence-electron chi connectivity index (χ4n) is 1.05. The Morgan fingerprint density at radius 2 is 2.23 bits per heavy atom. The molecule has 4 nitrogen and oxygen atoms in total. The van der Waals surface area contributed by atoms with Crippen molar-refractivity contribution in [2.75, 3.05) is 0 Å². The molecule has 1 heterocycles. The molecule has 4 heteroatoms. The second-order valence-electron chi connectivity index (χ2n) is 4.26. The van der Waals surface area contributed by atoms with E-state index in [0.29, 0.717) is 0 Å². The molecule has 72 valence electrons. The highest BCUT2D eigenvalue weighted by molar-refractivity contribution is 5.84. The lowest BCUT2D eigenvalue weighted by atomic mass is 9.97. The van der Waals surface area contributed by atoms with Crippen molar-refractivity contribution in [3.05, 3.63) is 18.0 Å². The summed E-state index contributed by atoms with van der Waals surface area (Å²) in [4.78, 5) is 10.5. The maximum Gasteiger partial charge on any atom is 0.356 e. The van der Waals surface area contributed by atoms with Gasteiger partial charge >= 0.3 is 5.97 Å². The number of rotatable bonds is 2. The van der Waals surface area contributed by atoms with Gasteiger partial charge in [0, 0.05) is 12.7 Å². The molecule has 1 rings (SSSR count). The van der Waals surface area contributed by atoms with E-state index in [2.05, 4.69) is 25.9 Å². The highest BCUT2D eigenvalue weighted by atomic mass is 16.4. The van der Waals surface area contributed by atoms with Gasteiger partial charge in [-0.1, -0.05) is 20.8 Å². The second-order valence-corrected chi connectivity index (χ2v) is 4.26. The molecule has 1 aromatic rings. The van der Waals surface area contributed by atoms with Crippen molar-refractivity contribution in [2.45, 2.75) is 27.3 Å². The van der Waals surface area contributed by atoms with Crippen LogP contribution in [0.2, 0.25) is 0 Å². The van der Waals surface area contributed by atoms with Crippen molar-refractivity contribution in [1.29, 1.82) is 0 Å². The Hall–Kier alpha value is -1.32. The number of carboxylic acids is 1. The highest BCUT2D eigenvalue weighted by Gasteiger charge is 2.13. The van der Waals surface area contributed by atoms with Crippen LogP contribution in [-0.2, 0) is 6.54 Å². The number of hydrogen-bond acceptors (Lipinski definition) is 2. The van der Waals surface area contributed by atoms with Crippen LogP contribution >= 0.6 is 0 Å². The van der Waals surface area contributed by atoms with Gasteiger partial charge in [0.05, 0.1) is 0 Å². The van der Waals surface area contributed by atoms with Gasteiger partial charge in [0.1, 0.15) is 0 Å². The van der Waals surface area contributed by atoms with Gasteiger partial charge in [0.2, 0.25) is 0 Å². The minimum absolute atomic E-state index is 0.101. The molecule has 0 spiro atoms. The van der Waals surface area contributed by atoms with E-state index < -0.39 is 5.97 Å². The van der Waals surface area contributed by atoms with Gasteiger partial charge in [-0.25, -0.2) is 4.79 Å². The smallest absolute Gasteiger partial charge is 0.356 e. The third-order valence-electron chi connectivity index (χ3n) is 1.50. The first-order chi connectivity index (χ1) is 5.88. The summed E-state index contributed by atoms with van der Waals surface area (Å²) < 4.78 is 1.66. The van der Waals surface area contributed by atoms with Crippen molar-refractivity contribution >= 4 is 5.97 Å². The third-order valence-corrected chi connectivity index (χ3v) is 1.50. The minimum Gasteiger partial charge on any atom is -0.476 e. The van der Waals surface area contributed by atoms with Crippen molar-refractivity contribution in [2.24, 2.45) is 5.41 Å². The molecular weight excluding hydrogens is 168 g/mol. The van der Waals surface area contributed by atoms with Crippen LogP contribution in [0, 0.1) is 5.41 Å². The summed E-state index contributed by atoms with van der Waals surface area (Å²) in [6, 6.07) is 1.51. The lowest BCUT2D eigenvalue weighted by Crippen LogP contribution is -2.16. The largest absolute Gasteiger partial charge is 0.476 e. The van der Waals surface area contributed by atoms with E-state index in [-0.39, 0.29) is 11.1 Å². The van der Waals surface area contributed by atoms with Crippen LogP contribution in [0.25, 0.3) is 0 Å². The van der Waals surface area contributed by atoms with E-state index in [4.69, 9.17) is 5.11 Å². The predicted molar refractivity (Wildman–Crippen MR) is 48.6 cm³/mol. The molecule has 0 aliphatic rings. The summed E-state index contributed by atoms with van der Waals surface area (Å²) in [5.74, 6) is -0.979. The zero-order chi connectivity index (χ0) is 10.1. The topological polar surface area (TPSA) is 55.1 Å². The van der Waals surface area contributed by atoms with Crippen molar-refractivity contribution in [1.82, 2.24) is 9.78 Å². The number of carbonyl (C=O) groups is 1. The number of aromatic carboxylic acids is 1. The molecule has 0 unspecified atom stereocenters. The fraction of sp³-hybridized carbons (Fsp3) is 0.556.